The SMILES string of the molecule is CN1CCN(C(Cc2cccc(Br)c2)C(=O)O)CC1. The van der Waals surface area contributed by atoms with Crippen LogP contribution in [-0.2, 0) is 11.2 Å². The second kappa shape index (κ2) is 6.50. The highest BCUT2D eigenvalue weighted by Crippen LogP contribution is 2.16. The summed E-state index contributed by atoms with van der Waals surface area (Å²) < 4.78 is 0.993. The highest BCUT2D eigenvalue weighted by molar-refractivity contribution is 9.10. The normalized spacial score (nSPS) is 19.3. The van der Waals surface area contributed by atoms with Crippen molar-refractivity contribution in [3.63, 3.8) is 0 Å². The monoisotopic (exact) mass is 326 g/mol. The molecule has 19 heavy (non-hydrogen) atoms. The van der Waals surface area contributed by atoms with E-state index in [9.17, 15) is 9.90 Å². The Labute approximate surface area is 122 Å². The van der Waals surface area contributed by atoms with E-state index in [0.717, 1.165) is 36.2 Å². The summed E-state index contributed by atoms with van der Waals surface area (Å²) in [5.41, 5.74) is 1.06. The first-order chi connectivity index (χ1) is 9.06. The van der Waals surface area contributed by atoms with Crippen molar-refractivity contribution in [3.8, 4) is 0 Å². The van der Waals surface area contributed by atoms with Crippen LogP contribution in [0.1, 0.15) is 5.56 Å². The van der Waals surface area contributed by atoms with E-state index >= 15 is 0 Å². The summed E-state index contributed by atoms with van der Waals surface area (Å²) in [4.78, 5) is 15.8. The van der Waals surface area contributed by atoms with Crippen LogP contribution in [0.25, 0.3) is 0 Å². The summed E-state index contributed by atoms with van der Waals surface area (Å²) in [5.74, 6) is -0.732. The lowest BCUT2D eigenvalue weighted by Gasteiger charge is -2.36. The molecule has 104 valence electrons. The van der Waals surface area contributed by atoms with Gasteiger partial charge in [0, 0.05) is 30.7 Å². The number of carbonyl (C=O) groups is 1. The average molecular weight is 327 g/mol. The third-order valence-electron chi connectivity index (χ3n) is 3.58. The van der Waals surface area contributed by atoms with Crippen molar-refractivity contribution >= 4 is 21.9 Å². The zero-order valence-corrected chi connectivity index (χ0v) is 12.6. The van der Waals surface area contributed by atoms with Gasteiger partial charge in [-0.15, -0.1) is 0 Å². The maximum absolute atomic E-state index is 11.5. The number of nitrogens with zero attached hydrogens (tertiary/aromatic N) is 2. The maximum Gasteiger partial charge on any atom is 0.321 e. The molecule has 4 nitrogen and oxygen atoms in total. The van der Waals surface area contributed by atoms with Crippen molar-refractivity contribution in [3.05, 3.63) is 34.3 Å². The molecule has 1 aliphatic rings. The van der Waals surface area contributed by atoms with Gasteiger partial charge in [0.15, 0.2) is 0 Å². The second-order valence-corrected chi connectivity index (χ2v) is 5.94. The van der Waals surface area contributed by atoms with E-state index in [2.05, 4.69) is 32.8 Å². The Morgan fingerprint density at radius 1 is 1.37 bits per heavy atom. The Bertz CT molecular complexity index is 445. The largest absolute Gasteiger partial charge is 0.480 e. The minimum atomic E-state index is -0.732. The molecule has 1 heterocycles. The molecule has 2 rings (SSSR count). The molecule has 1 saturated heterocycles. The standard InChI is InChI=1S/C14H19BrN2O2/c1-16-5-7-17(8-6-16)13(14(18)19)10-11-3-2-4-12(15)9-11/h2-4,9,13H,5-8,10H2,1H3,(H,18,19). The zero-order valence-electron chi connectivity index (χ0n) is 11.1. The van der Waals surface area contributed by atoms with Gasteiger partial charge in [0.05, 0.1) is 0 Å². The van der Waals surface area contributed by atoms with Gasteiger partial charge in [-0.05, 0) is 31.2 Å². The molecule has 1 N–H and O–H groups in total. The minimum Gasteiger partial charge on any atom is -0.480 e. The third kappa shape index (κ3) is 4.03. The molecule has 0 aliphatic carbocycles. The molecule has 0 spiro atoms. The molecule has 5 heteroatoms. The fraction of sp³-hybridized carbons (Fsp3) is 0.500. The number of hydrogen-bond acceptors (Lipinski definition) is 3. The average Bonchev–Trinajstić information content (AvgIpc) is 2.37. The van der Waals surface area contributed by atoms with E-state index in [4.69, 9.17) is 0 Å². The number of carboxylic acids is 1. The molecule has 1 unspecified atom stereocenters. The quantitative estimate of drug-likeness (QED) is 0.914. The molecule has 1 aromatic rings. The molecule has 0 radical (unpaired) electrons. The van der Waals surface area contributed by atoms with Crippen LogP contribution in [0.3, 0.4) is 0 Å². The third-order valence-corrected chi connectivity index (χ3v) is 4.08. The number of aliphatic carboxylic acids is 1. The lowest BCUT2D eigenvalue weighted by atomic mass is 10.0. The Hall–Kier alpha value is -0.910. The summed E-state index contributed by atoms with van der Waals surface area (Å²) in [5, 5.41) is 9.46. The van der Waals surface area contributed by atoms with Crippen molar-refractivity contribution in [2.75, 3.05) is 33.2 Å². The van der Waals surface area contributed by atoms with Gasteiger partial charge in [-0.1, -0.05) is 28.1 Å². The van der Waals surface area contributed by atoms with Crippen LogP contribution in [0.15, 0.2) is 28.7 Å². The van der Waals surface area contributed by atoms with E-state index in [0.29, 0.717) is 6.42 Å². The molecule has 0 aromatic heterocycles. The van der Waals surface area contributed by atoms with E-state index in [1.807, 2.05) is 24.3 Å². The molecule has 1 aliphatic heterocycles. The van der Waals surface area contributed by atoms with E-state index in [1.165, 1.54) is 0 Å². The van der Waals surface area contributed by atoms with Crippen LogP contribution in [0.5, 0.6) is 0 Å². The smallest absolute Gasteiger partial charge is 0.321 e. The number of likely N-dealkylation sites (N-methyl/N-ethyl adjacent to an activating group) is 1. The molecular formula is C14H19BrN2O2. The van der Waals surface area contributed by atoms with Gasteiger partial charge in [0.2, 0.25) is 0 Å². The summed E-state index contributed by atoms with van der Waals surface area (Å²) >= 11 is 3.43. The lowest BCUT2D eigenvalue weighted by molar-refractivity contribution is -0.144. The molecule has 0 amide bonds. The topological polar surface area (TPSA) is 43.8 Å². The van der Waals surface area contributed by atoms with Gasteiger partial charge in [-0.3, -0.25) is 9.69 Å². The van der Waals surface area contributed by atoms with Gasteiger partial charge in [0.25, 0.3) is 0 Å². The van der Waals surface area contributed by atoms with Crippen LogP contribution in [0.2, 0.25) is 0 Å². The van der Waals surface area contributed by atoms with Gasteiger partial charge >= 0.3 is 5.97 Å². The molecule has 1 aromatic carbocycles. The summed E-state index contributed by atoms with van der Waals surface area (Å²) in [7, 11) is 2.07. The van der Waals surface area contributed by atoms with Crippen molar-refractivity contribution in [2.45, 2.75) is 12.5 Å². The highest BCUT2D eigenvalue weighted by atomic mass is 79.9. The Morgan fingerprint density at radius 2 is 2.05 bits per heavy atom. The van der Waals surface area contributed by atoms with Crippen LogP contribution in [0, 0.1) is 0 Å². The first-order valence-corrected chi connectivity index (χ1v) is 7.25. The second-order valence-electron chi connectivity index (χ2n) is 5.03. The van der Waals surface area contributed by atoms with Crippen molar-refractivity contribution < 1.29 is 9.90 Å². The Morgan fingerprint density at radius 3 is 2.63 bits per heavy atom. The number of halogens is 1. The van der Waals surface area contributed by atoms with Gasteiger partial charge in [0.1, 0.15) is 6.04 Å². The molecule has 1 fully saturated rings. The van der Waals surface area contributed by atoms with Crippen LogP contribution in [0.4, 0.5) is 0 Å². The Balaban J connectivity index is 2.06. The van der Waals surface area contributed by atoms with E-state index in [-0.39, 0.29) is 0 Å². The van der Waals surface area contributed by atoms with Gasteiger partial charge in [-0.25, -0.2) is 0 Å². The molecule has 0 bridgehead atoms. The first-order valence-electron chi connectivity index (χ1n) is 6.46. The van der Waals surface area contributed by atoms with E-state index in [1.54, 1.807) is 0 Å². The summed E-state index contributed by atoms with van der Waals surface area (Å²) in [6.45, 7) is 3.51. The van der Waals surface area contributed by atoms with Crippen molar-refractivity contribution in [2.24, 2.45) is 0 Å². The fourth-order valence-electron chi connectivity index (χ4n) is 2.39. The lowest BCUT2D eigenvalue weighted by Crippen LogP contribution is -2.52. The number of carboxylic acid groups (broad SMARTS) is 1. The minimum absolute atomic E-state index is 0.428. The molecule has 1 atom stereocenters. The van der Waals surface area contributed by atoms with Gasteiger partial charge in [-0.2, -0.15) is 0 Å². The van der Waals surface area contributed by atoms with Crippen molar-refractivity contribution in [1.82, 2.24) is 9.80 Å². The van der Waals surface area contributed by atoms with E-state index < -0.39 is 12.0 Å². The van der Waals surface area contributed by atoms with Crippen LogP contribution >= 0.6 is 15.9 Å². The fourth-order valence-corrected chi connectivity index (χ4v) is 2.84. The predicted octanol–water partition coefficient (Wildman–Crippen LogP) is 1.69. The molecule has 0 saturated carbocycles. The molecular weight excluding hydrogens is 308 g/mol. The van der Waals surface area contributed by atoms with Gasteiger partial charge < -0.3 is 10.0 Å². The Kier molecular flexibility index (Phi) is 4.96. The van der Waals surface area contributed by atoms with Crippen LogP contribution < -0.4 is 0 Å². The number of rotatable bonds is 4. The van der Waals surface area contributed by atoms with Crippen molar-refractivity contribution in [1.29, 1.82) is 0 Å². The summed E-state index contributed by atoms with van der Waals surface area (Å²) in [6, 6.07) is 7.45. The zero-order chi connectivity index (χ0) is 13.8. The predicted molar refractivity (Wildman–Crippen MR) is 78.3 cm³/mol. The summed E-state index contributed by atoms with van der Waals surface area (Å²) in [6.07, 6.45) is 0.554. The number of hydrogen-bond donors (Lipinski definition) is 1. The first kappa shape index (κ1) is 14.5. The maximum atomic E-state index is 11.5. The highest BCUT2D eigenvalue weighted by Gasteiger charge is 2.28. The number of benzene rings is 1. The number of piperazine rings is 1. The van der Waals surface area contributed by atoms with Crippen LogP contribution in [-0.4, -0.2) is 60.1 Å².